The van der Waals surface area contributed by atoms with Crippen LogP contribution in [-0.2, 0) is 12.8 Å². The van der Waals surface area contributed by atoms with E-state index < -0.39 is 6.16 Å². The van der Waals surface area contributed by atoms with Gasteiger partial charge in [-0.05, 0) is 24.5 Å². The molecule has 0 aliphatic carbocycles. The number of thiophene rings is 1. The molecule has 5 heteroatoms. The second kappa shape index (κ2) is 5.33. The van der Waals surface area contributed by atoms with Crippen molar-refractivity contribution < 1.29 is 14.6 Å². The number of rotatable bonds is 3. The molecule has 0 spiro atoms. The van der Waals surface area contributed by atoms with Gasteiger partial charge in [0.15, 0.2) is 5.06 Å². The van der Waals surface area contributed by atoms with Gasteiger partial charge >= 0.3 is 6.16 Å². The summed E-state index contributed by atoms with van der Waals surface area (Å²) in [7, 11) is 0. The van der Waals surface area contributed by atoms with Crippen molar-refractivity contribution in [1.82, 2.24) is 4.90 Å². The summed E-state index contributed by atoms with van der Waals surface area (Å²) in [5.74, 6) is 0. The van der Waals surface area contributed by atoms with Crippen LogP contribution in [0.25, 0.3) is 0 Å². The molecule has 0 atom stereocenters. The average Bonchev–Trinajstić information content (AvgIpc) is 2.54. The van der Waals surface area contributed by atoms with Crippen LogP contribution in [0.4, 0.5) is 4.79 Å². The Bertz CT molecular complexity index is 402. The first kappa shape index (κ1) is 12.1. The Labute approximate surface area is 104 Å². The smallest absolute Gasteiger partial charge is 0.449 e. The summed E-state index contributed by atoms with van der Waals surface area (Å²) in [6.45, 7) is 6.64. The molecule has 0 bridgehead atoms. The number of hydrogen-bond donors (Lipinski definition) is 1. The summed E-state index contributed by atoms with van der Waals surface area (Å²) in [5.41, 5.74) is 1.22. The maximum absolute atomic E-state index is 10.5. The summed E-state index contributed by atoms with van der Waals surface area (Å²) in [6.07, 6.45) is 2.58. The number of ether oxygens (including phenoxy) is 1. The van der Waals surface area contributed by atoms with E-state index in [1.54, 1.807) is 0 Å². The molecular formula is C12H15NO3S. The third-order valence-corrected chi connectivity index (χ3v) is 3.92. The fourth-order valence-corrected chi connectivity index (χ4v) is 3.06. The molecule has 1 N–H and O–H groups in total. The second-order valence-corrected chi connectivity index (χ2v) is 5.07. The normalized spacial score (nSPS) is 16.0. The summed E-state index contributed by atoms with van der Waals surface area (Å²) >= 11 is 1.44. The van der Waals surface area contributed by atoms with Gasteiger partial charge in [0.05, 0.1) is 0 Å². The lowest BCUT2D eigenvalue weighted by Gasteiger charge is -2.16. The highest BCUT2D eigenvalue weighted by atomic mass is 32.1. The predicted octanol–water partition coefficient (Wildman–Crippen LogP) is 2.39. The van der Waals surface area contributed by atoms with Crippen molar-refractivity contribution in [2.24, 2.45) is 0 Å². The van der Waals surface area contributed by atoms with Crippen LogP contribution in [0, 0.1) is 0 Å². The molecule has 0 unspecified atom stereocenters. The Morgan fingerprint density at radius 3 is 3.06 bits per heavy atom. The monoisotopic (exact) mass is 253 g/mol. The van der Waals surface area contributed by atoms with E-state index in [-0.39, 0.29) is 0 Å². The van der Waals surface area contributed by atoms with Crippen molar-refractivity contribution in [1.29, 1.82) is 0 Å². The van der Waals surface area contributed by atoms with Gasteiger partial charge in [0.2, 0.25) is 0 Å². The van der Waals surface area contributed by atoms with Crippen LogP contribution in [0.3, 0.4) is 0 Å². The van der Waals surface area contributed by atoms with Gasteiger partial charge in [0.1, 0.15) is 0 Å². The van der Waals surface area contributed by atoms with E-state index in [9.17, 15) is 4.79 Å². The molecule has 0 amide bonds. The first-order chi connectivity index (χ1) is 8.19. The number of carboxylic acid groups (broad SMARTS) is 1. The highest BCUT2D eigenvalue weighted by molar-refractivity contribution is 7.14. The van der Waals surface area contributed by atoms with Gasteiger partial charge in [0, 0.05) is 24.5 Å². The Kier molecular flexibility index (Phi) is 3.81. The quantitative estimate of drug-likeness (QED) is 0.664. The van der Waals surface area contributed by atoms with Gasteiger partial charge in [-0.15, -0.1) is 17.9 Å². The molecule has 0 saturated heterocycles. The molecule has 2 rings (SSSR count). The van der Waals surface area contributed by atoms with Crippen molar-refractivity contribution in [2.45, 2.75) is 12.8 Å². The molecule has 0 radical (unpaired) electrons. The van der Waals surface area contributed by atoms with Crippen LogP contribution in [-0.4, -0.2) is 35.8 Å². The van der Waals surface area contributed by atoms with Crippen LogP contribution in [0.15, 0.2) is 18.7 Å². The number of fused-ring (bicyclic) bond motifs is 1. The molecule has 0 aromatic carbocycles. The molecule has 4 nitrogen and oxygen atoms in total. The molecule has 1 aromatic heterocycles. The highest BCUT2D eigenvalue weighted by Gasteiger charge is 2.17. The van der Waals surface area contributed by atoms with Gasteiger partial charge in [-0.1, -0.05) is 6.08 Å². The lowest BCUT2D eigenvalue weighted by atomic mass is 10.2. The largest absolute Gasteiger partial charge is 0.512 e. The van der Waals surface area contributed by atoms with Gasteiger partial charge in [-0.25, -0.2) is 4.79 Å². The summed E-state index contributed by atoms with van der Waals surface area (Å²) in [6, 6.07) is 1.85. The van der Waals surface area contributed by atoms with Crippen LogP contribution in [0.5, 0.6) is 5.06 Å². The van der Waals surface area contributed by atoms with Crippen LogP contribution >= 0.6 is 11.3 Å². The van der Waals surface area contributed by atoms with E-state index in [0.29, 0.717) is 5.06 Å². The Hall–Kier alpha value is -1.33. The molecule has 2 heterocycles. The van der Waals surface area contributed by atoms with Crippen LogP contribution in [0.2, 0.25) is 0 Å². The number of nitrogens with zero attached hydrogens (tertiary/aromatic N) is 1. The summed E-state index contributed by atoms with van der Waals surface area (Å²) in [5, 5.41) is 9.05. The standard InChI is InChI=1S/C12H15NO3S/c1-2-5-13-6-3-9-8-11(16-12(14)15)17-10(9)4-7-13/h2,8H,1,3-7H2,(H,14,15). The lowest BCUT2D eigenvalue weighted by Crippen LogP contribution is -2.26. The number of hydrogen-bond acceptors (Lipinski definition) is 4. The zero-order valence-corrected chi connectivity index (χ0v) is 10.3. The Morgan fingerprint density at radius 1 is 1.59 bits per heavy atom. The fraction of sp³-hybridized carbons (Fsp3) is 0.417. The minimum absolute atomic E-state index is 0.486. The zero-order chi connectivity index (χ0) is 12.3. The second-order valence-electron chi connectivity index (χ2n) is 3.97. The summed E-state index contributed by atoms with van der Waals surface area (Å²) in [4.78, 5) is 14.0. The Morgan fingerprint density at radius 2 is 2.35 bits per heavy atom. The predicted molar refractivity (Wildman–Crippen MR) is 67.0 cm³/mol. The van der Waals surface area contributed by atoms with Gasteiger partial charge in [0.25, 0.3) is 0 Å². The first-order valence-corrected chi connectivity index (χ1v) is 6.36. The van der Waals surface area contributed by atoms with Crippen LogP contribution < -0.4 is 4.74 Å². The van der Waals surface area contributed by atoms with Crippen molar-refractivity contribution in [2.75, 3.05) is 19.6 Å². The van der Waals surface area contributed by atoms with Crippen molar-refractivity contribution in [3.05, 3.63) is 29.2 Å². The van der Waals surface area contributed by atoms with Crippen molar-refractivity contribution in [3.63, 3.8) is 0 Å². The van der Waals surface area contributed by atoms with E-state index in [0.717, 1.165) is 32.5 Å². The van der Waals surface area contributed by atoms with E-state index >= 15 is 0 Å². The lowest BCUT2D eigenvalue weighted by molar-refractivity contribution is 0.146. The van der Waals surface area contributed by atoms with E-state index in [1.807, 2.05) is 12.1 Å². The molecule has 0 fully saturated rings. The molecule has 17 heavy (non-hydrogen) atoms. The van der Waals surface area contributed by atoms with Crippen molar-refractivity contribution >= 4 is 17.5 Å². The maximum atomic E-state index is 10.5. The molecular weight excluding hydrogens is 238 g/mol. The van der Waals surface area contributed by atoms with Crippen molar-refractivity contribution in [3.8, 4) is 5.06 Å². The molecule has 1 aliphatic rings. The SMILES string of the molecule is C=CCN1CCc2cc(OC(=O)O)sc2CC1. The summed E-state index contributed by atoms with van der Waals surface area (Å²) < 4.78 is 4.69. The topological polar surface area (TPSA) is 49.8 Å². The molecule has 1 aliphatic heterocycles. The number of carbonyl (C=O) groups is 1. The van der Waals surface area contributed by atoms with E-state index in [4.69, 9.17) is 5.11 Å². The van der Waals surface area contributed by atoms with E-state index in [1.165, 1.54) is 21.8 Å². The minimum Gasteiger partial charge on any atom is -0.449 e. The third kappa shape index (κ3) is 3.08. The zero-order valence-electron chi connectivity index (χ0n) is 9.52. The highest BCUT2D eigenvalue weighted by Crippen LogP contribution is 2.31. The Balaban J connectivity index is 2.05. The maximum Gasteiger partial charge on any atom is 0.512 e. The molecule has 1 aromatic rings. The van der Waals surface area contributed by atoms with E-state index in [2.05, 4.69) is 16.2 Å². The van der Waals surface area contributed by atoms with Gasteiger partial charge < -0.3 is 9.84 Å². The first-order valence-electron chi connectivity index (χ1n) is 5.54. The molecule has 92 valence electrons. The average molecular weight is 253 g/mol. The van der Waals surface area contributed by atoms with Gasteiger partial charge in [-0.3, -0.25) is 4.90 Å². The fourth-order valence-electron chi connectivity index (χ4n) is 2.01. The third-order valence-electron chi connectivity index (χ3n) is 2.80. The van der Waals surface area contributed by atoms with Crippen LogP contribution in [0.1, 0.15) is 10.4 Å². The molecule has 0 saturated carbocycles. The van der Waals surface area contributed by atoms with Gasteiger partial charge in [-0.2, -0.15) is 0 Å². The minimum atomic E-state index is -1.24.